The molecule has 20 heavy (non-hydrogen) atoms. The van der Waals surface area contributed by atoms with Crippen molar-refractivity contribution in [1.82, 2.24) is 0 Å². The second-order valence-electron chi connectivity index (χ2n) is 4.82. The Morgan fingerprint density at radius 3 is 2.75 bits per heavy atom. The molecule has 1 aliphatic heterocycles. The van der Waals surface area contributed by atoms with E-state index in [9.17, 15) is 4.79 Å². The Labute approximate surface area is 131 Å². The van der Waals surface area contributed by atoms with Gasteiger partial charge in [-0.05, 0) is 42.3 Å². The van der Waals surface area contributed by atoms with Crippen molar-refractivity contribution in [3.63, 3.8) is 0 Å². The number of thioether (sulfide) groups is 1. The van der Waals surface area contributed by atoms with Crippen LogP contribution >= 0.6 is 27.7 Å². The monoisotopic (exact) mass is 347 g/mol. The minimum absolute atomic E-state index is 0.0572. The molecule has 1 aliphatic rings. The summed E-state index contributed by atoms with van der Waals surface area (Å²) >= 11 is 5.18. The van der Waals surface area contributed by atoms with E-state index in [2.05, 4.69) is 34.1 Å². The van der Waals surface area contributed by atoms with Gasteiger partial charge in [0, 0.05) is 10.2 Å². The number of anilines is 1. The minimum atomic E-state index is 0.0572. The van der Waals surface area contributed by atoms with Gasteiger partial charge in [0.25, 0.3) is 0 Å². The Morgan fingerprint density at radius 1 is 1.20 bits per heavy atom. The topological polar surface area (TPSA) is 20.3 Å². The van der Waals surface area contributed by atoms with E-state index in [0.29, 0.717) is 5.75 Å². The van der Waals surface area contributed by atoms with E-state index in [1.165, 1.54) is 5.56 Å². The van der Waals surface area contributed by atoms with E-state index >= 15 is 0 Å². The van der Waals surface area contributed by atoms with Gasteiger partial charge in [-0.2, -0.15) is 0 Å². The summed E-state index contributed by atoms with van der Waals surface area (Å²) in [4.78, 5) is 14.2. The Hall–Kier alpha value is -1.26. The third-order valence-electron chi connectivity index (χ3n) is 3.28. The lowest BCUT2D eigenvalue weighted by Crippen LogP contribution is -2.27. The molecule has 2 aromatic carbocycles. The van der Waals surface area contributed by atoms with Crippen LogP contribution in [0.5, 0.6) is 0 Å². The van der Waals surface area contributed by atoms with Crippen LogP contribution in [0.1, 0.15) is 16.5 Å². The molecule has 1 atom stereocenters. The first-order chi connectivity index (χ1) is 9.65. The zero-order valence-electron chi connectivity index (χ0n) is 11.0. The van der Waals surface area contributed by atoms with E-state index < -0.39 is 0 Å². The number of nitrogens with zero attached hydrogens (tertiary/aromatic N) is 1. The fourth-order valence-corrected chi connectivity index (χ4v) is 3.97. The van der Waals surface area contributed by atoms with E-state index in [0.717, 1.165) is 15.7 Å². The van der Waals surface area contributed by atoms with Gasteiger partial charge in [0.1, 0.15) is 5.37 Å². The molecule has 1 saturated heterocycles. The summed E-state index contributed by atoms with van der Waals surface area (Å²) < 4.78 is 1.04. The van der Waals surface area contributed by atoms with Crippen molar-refractivity contribution in [2.45, 2.75) is 12.3 Å². The van der Waals surface area contributed by atoms with Crippen LogP contribution in [0.25, 0.3) is 0 Å². The van der Waals surface area contributed by atoms with Gasteiger partial charge >= 0.3 is 0 Å². The minimum Gasteiger partial charge on any atom is -0.295 e. The van der Waals surface area contributed by atoms with Gasteiger partial charge in [0.15, 0.2) is 0 Å². The molecule has 1 heterocycles. The predicted molar refractivity (Wildman–Crippen MR) is 88.0 cm³/mol. The number of halogens is 1. The van der Waals surface area contributed by atoms with Gasteiger partial charge in [0.2, 0.25) is 5.91 Å². The van der Waals surface area contributed by atoms with E-state index in [1.807, 2.05) is 42.2 Å². The van der Waals surface area contributed by atoms with Crippen LogP contribution in [-0.2, 0) is 4.79 Å². The summed E-state index contributed by atoms with van der Waals surface area (Å²) in [7, 11) is 0. The molecule has 1 amide bonds. The van der Waals surface area contributed by atoms with Crippen LogP contribution < -0.4 is 4.90 Å². The van der Waals surface area contributed by atoms with Crippen LogP contribution in [0.2, 0.25) is 0 Å². The SMILES string of the molecule is Cc1cccc(N2C(=O)CSC2c2cccc(Br)c2)c1. The summed E-state index contributed by atoms with van der Waals surface area (Å²) in [6.45, 7) is 2.05. The van der Waals surface area contributed by atoms with Crippen molar-refractivity contribution >= 4 is 39.3 Å². The molecule has 2 aromatic rings. The third-order valence-corrected chi connectivity index (χ3v) is 4.99. The zero-order chi connectivity index (χ0) is 14.1. The van der Waals surface area contributed by atoms with Gasteiger partial charge in [-0.1, -0.05) is 40.2 Å². The Bertz CT molecular complexity index is 658. The number of amides is 1. The van der Waals surface area contributed by atoms with Gasteiger partial charge in [-0.25, -0.2) is 0 Å². The van der Waals surface area contributed by atoms with Crippen molar-refractivity contribution < 1.29 is 4.79 Å². The highest BCUT2D eigenvalue weighted by atomic mass is 79.9. The van der Waals surface area contributed by atoms with Gasteiger partial charge in [-0.3, -0.25) is 9.69 Å². The highest BCUT2D eigenvalue weighted by Gasteiger charge is 2.34. The molecule has 1 unspecified atom stereocenters. The average Bonchev–Trinajstić information content (AvgIpc) is 2.80. The fraction of sp³-hybridized carbons (Fsp3) is 0.188. The van der Waals surface area contributed by atoms with Gasteiger partial charge in [0.05, 0.1) is 5.75 Å². The number of carbonyl (C=O) groups excluding carboxylic acids is 1. The van der Waals surface area contributed by atoms with Crippen molar-refractivity contribution in [3.8, 4) is 0 Å². The maximum Gasteiger partial charge on any atom is 0.238 e. The van der Waals surface area contributed by atoms with Crippen LogP contribution in [0.3, 0.4) is 0 Å². The normalized spacial score (nSPS) is 18.6. The summed E-state index contributed by atoms with van der Waals surface area (Å²) in [5.74, 6) is 0.705. The first-order valence-electron chi connectivity index (χ1n) is 6.41. The molecule has 3 rings (SSSR count). The smallest absolute Gasteiger partial charge is 0.238 e. The molecule has 0 bridgehead atoms. The number of carbonyl (C=O) groups is 1. The van der Waals surface area contributed by atoms with Crippen molar-refractivity contribution in [1.29, 1.82) is 0 Å². The summed E-state index contributed by atoms with van der Waals surface area (Å²) in [6.07, 6.45) is 0. The highest BCUT2D eigenvalue weighted by molar-refractivity contribution is 9.10. The number of hydrogen-bond acceptors (Lipinski definition) is 2. The maximum atomic E-state index is 12.2. The first kappa shape index (κ1) is 13.7. The predicted octanol–water partition coefficient (Wildman–Crippen LogP) is 4.54. The molecule has 1 fully saturated rings. The second-order valence-corrected chi connectivity index (χ2v) is 6.81. The molecule has 0 aliphatic carbocycles. The number of aryl methyl sites for hydroxylation is 1. The molecule has 2 nitrogen and oxygen atoms in total. The summed E-state index contributed by atoms with van der Waals surface area (Å²) in [5, 5.41) is 0.0572. The van der Waals surface area contributed by atoms with Crippen LogP contribution in [0.15, 0.2) is 53.0 Å². The van der Waals surface area contributed by atoms with Crippen LogP contribution in [0.4, 0.5) is 5.69 Å². The number of hydrogen-bond donors (Lipinski definition) is 0. The molecular formula is C16H14BrNOS. The molecule has 4 heteroatoms. The average molecular weight is 348 g/mol. The third kappa shape index (κ3) is 2.63. The van der Waals surface area contributed by atoms with E-state index in [-0.39, 0.29) is 11.3 Å². The zero-order valence-corrected chi connectivity index (χ0v) is 13.4. The van der Waals surface area contributed by atoms with Gasteiger partial charge in [-0.15, -0.1) is 11.8 Å². The van der Waals surface area contributed by atoms with Crippen LogP contribution in [-0.4, -0.2) is 11.7 Å². The maximum absolute atomic E-state index is 12.2. The van der Waals surface area contributed by atoms with Crippen molar-refractivity contribution in [3.05, 3.63) is 64.1 Å². The Balaban J connectivity index is 2.01. The molecule has 0 N–H and O–H groups in total. The number of benzene rings is 2. The molecule has 102 valence electrons. The Morgan fingerprint density at radius 2 is 2.00 bits per heavy atom. The summed E-state index contributed by atoms with van der Waals surface area (Å²) in [6, 6.07) is 16.3. The summed E-state index contributed by atoms with van der Waals surface area (Å²) in [5.41, 5.74) is 3.29. The standard InChI is InChI=1S/C16H14BrNOS/c1-11-4-2-7-14(8-11)18-15(19)10-20-16(18)12-5-3-6-13(17)9-12/h2-9,16H,10H2,1H3. The van der Waals surface area contributed by atoms with E-state index in [1.54, 1.807) is 11.8 Å². The quantitative estimate of drug-likeness (QED) is 0.794. The lowest BCUT2D eigenvalue weighted by molar-refractivity contribution is -0.115. The highest BCUT2D eigenvalue weighted by Crippen LogP contribution is 2.42. The lowest BCUT2D eigenvalue weighted by Gasteiger charge is -2.24. The largest absolute Gasteiger partial charge is 0.295 e. The van der Waals surface area contributed by atoms with Crippen molar-refractivity contribution in [2.75, 3.05) is 10.7 Å². The van der Waals surface area contributed by atoms with Crippen molar-refractivity contribution in [2.24, 2.45) is 0 Å². The molecule has 0 radical (unpaired) electrons. The van der Waals surface area contributed by atoms with E-state index in [4.69, 9.17) is 0 Å². The van der Waals surface area contributed by atoms with Gasteiger partial charge < -0.3 is 0 Å². The molecular weight excluding hydrogens is 334 g/mol. The first-order valence-corrected chi connectivity index (χ1v) is 8.25. The second kappa shape index (κ2) is 5.62. The van der Waals surface area contributed by atoms with Crippen LogP contribution in [0, 0.1) is 6.92 Å². The molecule has 0 saturated carbocycles. The Kier molecular flexibility index (Phi) is 3.85. The lowest BCUT2D eigenvalue weighted by atomic mass is 10.1. The molecule has 0 aromatic heterocycles. The fourth-order valence-electron chi connectivity index (χ4n) is 2.39. The number of rotatable bonds is 2. The molecule has 0 spiro atoms.